The van der Waals surface area contributed by atoms with E-state index in [2.05, 4.69) is 5.32 Å². The minimum Gasteiger partial charge on any atom is -0.378 e. The Kier molecular flexibility index (Phi) is 4.29. The van der Waals surface area contributed by atoms with Crippen molar-refractivity contribution in [1.82, 2.24) is 10.2 Å². The van der Waals surface area contributed by atoms with Gasteiger partial charge in [0, 0.05) is 31.7 Å². The van der Waals surface area contributed by atoms with E-state index >= 15 is 0 Å². The van der Waals surface area contributed by atoms with E-state index in [1.54, 1.807) is 9.80 Å². The van der Waals surface area contributed by atoms with Crippen LogP contribution in [0.5, 0.6) is 0 Å². The molecule has 6 heteroatoms. The van der Waals surface area contributed by atoms with E-state index in [4.69, 9.17) is 4.74 Å². The third kappa shape index (κ3) is 3.22. The van der Waals surface area contributed by atoms with Gasteiger partial charge in [-0.2, -0.15) is 0 Å². The predicted octanol–water partition coefficient (Wildman–Crippen LogP) is 1.14. The first-order valence-electron chi connectivity index (χ1n) is 7.64. The lowest BCUT2D eigenvalue weighted by Crippen LogP contribution is -2.49. The number of morpholine rings is 1. The van der Waals surface area contributed by atoms with Gasteiger partial charge in [-0.3, -0.25) is 4.79 Å². The number of benzene rings is 1. The van der Waals surface area contributed by atoms with Gasteiger partial charge in [-0.25, -0.2) is 4.79 Å². The van der Waals surface area contributed by atoms with Crippen LogP contribution >= 0.6 is 0 Å². The van der Waals surface area contributed by atoms with E-state index in [0.717, 1.165) is 11.3 Å². The van der Waals surface area contributed by atoms with Gasteiger partial charge in [0.05, 0.1) is 19.3 Å². The van der Waals surface area contributed by atoms with Gasteiger partial charge in [-0.1, -0.05) is 17.7 Å². The van der Waals surface area contributed by atoms with Gasteiger partial charge in [0.15, 0.2) is 0 Å². The average Bonchev–Trinajstić information content (AvgIpc) is 2.89. The number of hydrogen-bond donors (Lipinski definition) is 1. The van der Waals surface area contributed by atoms with Crippen molar-refractivity contribution in [2.45, 2.75) is 19.4 Å². The van der Waals surface area contributed by atoms with Crippen LogP contribution in [0, 0.1) is 6.92 Å². The first-order valence-corrected chi connectivity index (χ1v) is 7.64. The quantitative estimate of drug-likeness (QED) is 0.891. The number of aryl methyl sites for hydroxylation is 1. The number of rotatable bonds is 2. The summed E-state index contributed by atoms with van der Waals surface area (Å²) < 4.78 is 5.24. The SMILES string of the molecule is Cc1ccc(N2C[C@@H](NC(=O)N3CCOCC3)CC2=O)cc1. The number of urea groups is 1. The number of carbonyl (C=O) groups excluding carboxylic acids is 2. The topological polar surface area (TPSA) is 61.9 Å². The second-order valence-corrected chi connectivity index (χ2v) is 5.79. The molecule has 0 radical (unpaired) electrons. The van der Waals surface area contributed by atoms with Gasteiger partial charge in [0.2, 0.25) is 5.91 Å². The summed E-state index contributed by atoms with van der Waals surface area (Å²) in [5.74, 6) is 0.0520. The molecule has 6 nitrogen and oxygen atoms in total. The molecule has 1 N–H and O–H groups in total. The molecule has 2 aliphatic heterocycles. The van der Waals surface area contributed by atoms with Crippen molar-refractivity contribution >= 4 is 17.6 Å². The third-order valence-electron chi connectivity index (χ3n) is 4.10. The second-order valence-electron chi connectivity index (χ2n) is 5.79. The zero-order valence-electron chi connectivity index (χ0n) is 12.7. The summed E-state index contributed by atoms with van der Waals surface area (Å²) in [4.78, 5) is 27.8. The molecule has 0 saturated carbocycles. The summed E-state index contributed by atoms with van der Waals surface area (Å²) in [6.45, 7) is 4.90. The summed E-state index contributed by atoms with van der Waals surface area (Å²) in [6.07, 6.45) is 0.351. The number of amides is 3. The molecule has 1 aromatic carbocycles. The van der Waals surface area contributed by atoms with Crippen LogP contribution in [0.1, 0.15) is 12.0 Å². The van der Waals surface area contributed by atoms with E-state index in [-0.39, 0.29) is 18.0 Å². The molecule has 22 heavy (non-hydrogen) atoms. The summed E-state index contributed by atoms with van der Waals surface area (Å²) >= 11 is 0. The second kappa shape index (κ2) is 6.36. The summed E-state index contributed by atoms with van der Waals surface area (Å²) in [5, 5.41) is 2.96. The molecule has 1 atom stereocenters. The highest BCUT2D eigenvalue weighted by Gasteiger charge is 2.32. The van der Waals surface area contributed by atoms with Crippen molar-refractivity contribution in [2.75, 3.05) is 37.7 Å². The third-order valence-corrected chi connectivity index (χ3v) is 4.10. The highest BCUT2D eigenvalue weighted by Crippen LogP contribution is 2.22. The van der Waals surface area contributed by atoms with Crippen molar-refractivity contribution in [3.8, 4) is 0 Å². The molecule has 0 spiro atoms. The number of nitrogens with zero attached hydrogens (tertiary/aromatic N) is 2. The number of nitrogens with one attached hydrogen (secondary N) is 1. The van der Waals surface area contributed by atoms with Crippen LogP contribution in [0.25, 0.3) is 0 Å². The lowest BCUT2D eigenvalue weighted by molar-refractivity contribution is -0.117. The number of carbonyl (C=O) groups is 2. The molecule has 0 aliphatic carbocycles. The first kappa shape index (κ1) is 14.8. The maximum Gasteiger partial charge on any atom is 0.317 e. The summed E-state index contributed by atoms with van der Waals surface area (Å²) in [6, 6.07) is 7.62. The Morgan fingerprint density at radius 2 is 1.91 bits per heavy atom. The molecule has 2 fully saturated rings. The Hall–Kier alpha value is -2.08. The molecule has 118 valence electrons. The number of anilines is 1. The molecule has 1 aromatic rings. The highest BCUT2D eigenvalue weighted by atomic mass is 16.5. The lowest BCUT2D eigenvalue weighted by Gasteiger charge is -2.28. The number of hydrogen-bond acceptors (Lipinski definition) is 3. The largest absolute Gasteiger partial charge is 0.378 e. The Labute approximate surface area is 130 Å². The highest BCUT2D eigenvalue weighted by molar-refractivity contribution is 5.96. The Balaban J connectivity index is 1.59. The molecule has 2 aliphatic rings. The van der Waals surface area contributed by atoms with Crippen molar-refractivity contribution in [3.05, 3.63) is 29.8 Å². The molecular formula is C16H21N3O3. The van der Waals surface area contributed by atoms with Gasteiger partial charge in [-0.05, 0) is 19.1 Å². The molecule has 3 rings (SSSR count). The van der Waals surface area contributed by atoms with Gasteiger partial charge in [0.25, 0.3) is 0 Å². The minimum absolute atomic E-state index is 0.0520. The summed E-state index contributed by atoms with van der Waals surface area (Å²) in [5.41, 5.74) is 2.05. The average molecular weight is 303 g/mol. The van der Waals surface area contributed by atoms with E-state index in [0.29, 0.717) is 39.3 Å². The predicted molar refractivity (Wildman–Crippen MR) is 82.9 cm³/mol. The van der Waals surface area contributed by atoms with Gasteiger partial charge in [-0.15, -0.1) is 0 Å². The van der Waals surface area contributed by atoms with Crippen LogP contribution in [0.2, 0.25) is 0 Å². The first-order chi connectivity index (χ1) is 10.6. The lowest BCUT2D eigenvalue weighted by atomic mass is 10.2. The molecule has 2 saturated heterocycles. The molecule has 2 heterocycles. The van der Waals surface area contributed by atoms with Crippen LogP contribution in [0.15, 0.2) is 24.3 Å². The van der Waals surface area contributed by atoms with E-state index in [1.165, 1.54) is 0 Å². The Morgan fingerprint density at radius 1 is 1.23 bits per heavy atom. The standard InChI is InChI=1S/C16H21N3O3/c1-12-2-4-14(5-3-12)19-11-13(10-15(19)20)17-16(21)18-6-8-22-9-7-18/h2-5,13H,6-11H2,1H3,(H,17,21)/t13-/m0/s1. The summed E-state index contributed by atoms with van der Waals surface area (Å²) in [7, 11) is 0. The van der Waals surface area contributed by atoms with Crippen LogP contribution in [-0.4, -0.2) is 55.7 Å². The molecular weight excluding hydrogens is 282 g/mol. The van der Waals surface area contributed by atoms with Crippen molar-refractivity contribution in [1.29, 1.82) is 0 Å². The van der Waals surface area contributed by atoms with E-state index in [9.17, 15) is 9.59 Å². The zero-order valence-corrected chi connectivity index (χ0v) is 12.7. The maximum absolute atomic E-state index is 12.2. The van der Waals surface area contributed by atoms with Crippen molar-refractivity contribution in [2.24, 2.45) is 0 Å². The van der Waals surface area contributed by atoms with E-state index in [1.807, 2.05) is 31.2 Å². The van der Waals surface area contributed by atoms with Crippen molar-refractivity contribution < 1.29 is 14.3 Å². The van der Waals surface area contributed by atoms with Gasteiger partial charge < -0.3 is 19.9 Å². The van der Waals surface area contributed by atoms with Gasteiger partial charge >= 0.3 is 6.03 Å². The fourth-order valence-corrected chi connectivity index (χ4v) is 2.81. The minimum atomic E-state index is -0.135. The zero-order chi connectivity index (χ0) is 15.5. The molecule has 0 bridgehead atoms. The normalized spacial score (nSPS) is 22.0. The fourth-order valence-electron chi connectivity index (χ4n) is 2.81. The number of ether oxygens (including phenoxy) is 1. The maximum atomic E-state index is 12.2. The van der Waals surface area contributed by atoms with Crippen molar-refractivity contribution in [3.63, 3.8) is 0 Å². The van der Waals surface area contributed by atoms with E-state index < -0.39 is 0 Å². The smallest absolute Gasteiger partial charge is 0.317 e. The molecule has 0 unspecified atom stereocenters. The Morgan fingerprint density at radius 3 is 2.59 bits per heavy atom. The van der Waals surface area contributed by atoms with Crippen LogP contribution in [0.4, 0.5) is 10.5 Å². The molecule has 0 aromatic heterocycles. The van der Waals surface area contributed by atoms with Crippen LogP contribution < -0.4 is 10.2 Å². The van der Waals surface area contributed by atoms with Gasteiger partial charge in [0.1, 0.15) is 0 Å². The monoisotopic (exact) mass is 303 g/mol. The Bertz CT molecular complexity index is 552. The molecule has 3 amide bonds. The van der Waals surface area contributed by atoms with Crippen LogP contribution in [0.3, 0.4) is 0 Å². The fraction of sp³-hybridized carbons (Fsp3) is 0.500. The van der Waals surface area contributed by atoms with Crippen LogP contribution in [-0.2, 0) is 9.53 Å².